The van der Waals surface area contributed by atoms with Gasteiger partial charge in [0.05, 0.1) is 5.71 Å². The van der Waals surface area contributed by atoms with Crippen molar-refractivity contribution in [1.82, 2.24) is 0 Å². The lowest BCUT2D eigenvalue weighted by atomic mass is 10.0. The van der Waals surface area contributed by atoms with E-state index in [1.54, 1.807) is 7.05 Å². The van der Waals surface area contributed by atoms with Gasteiger partial charge < -0.3 is 5.11 Å². The minimum Gasteiger partial charge on any atom is -0.481 e. The van der Waals surface area contributed by atoms with Crippen LogP contribution >= 0.6 is 0 Å². The predicted octanol–water partition coefficient (Wildman–Crippen LogP) is 0.356. The summed E-state index contributed by atoms with van der Waals surface area (Å²) in [4.78, 5) is 18.1. The smallest absolute Gasteiger partial charge is 0.316 e. The van der Waals surface area contributed by atoms with Gasteiger partial charge in [0.1, 0.15) is 5.92 Å². The second-order valence-electron chi connectivity index (χ2n) is 2.08. The Morgan fingerprint density at radius 2 is 2.55 bits per heavy atom. The minimum absolute atomic E-state index is 0.486. The Kier molecular flexibility index (Phi) is 2.15. The number of carboxylic acids is 1. The average molecular weight is 152 g/mol. The monoisotopic (exact) mass is 152 g/mol. The van der Waals surface area contributed by atoms with E-state index in [4.69, 9.17) is 5.11 Å². The summed E-state index contributed by atoms with van der Waals surface area (Å²) in [6.07, 6.45) is 4.43. The highest BCUT2D eigenvalue weighted by molar-refractivity contribution is 6.36. The van der Waals surface area contributed by atoms with E-state index >= 15 is 0 Å². The molecule has 0 amide bonds. The summed E-state index contributed by atoms with van der Waals surface area (Å²) >= 11 is 0. The number of nitrogens with zero attached hydrogens (tertiary/aromatic N) is 2. The van der Waals surface area contributed by atoms with Gasteiger partial charge in [0.2, 0.25) is 0 Å². The molecule has 0 aromatic heterocycles. The van der Waals surface area contributed by atoms with E-state index in [2.05, 4.69) is 9.98 Å². The Balaban J connectivity index is 2.88. The molecule has 0 aliphatic carbocycles. The molecule has 1 unspecified atom stereocenters. The maximum absolute atomic E-state index is 10.5. The normalized spacial score (nSPS) is 25.9. The molecule has 0 fully saturated rings. The lowest BCUT2D eigenvalue weighted by molar-refractivity contribution is -0.138. The van der Waals surface area contributed by atoms with Crippen molar-refractivity contribution in [3.8, 4) is 0 Å². The molecule has 0 spiro atoms. The van der Waals surface area contributed by atoms with Crippen LogP contribution in [0.3, 0.4) is 0 Å². The van der Waals surface area contributed by atoms with Crippen molar-refractivity contribution in [3.63, 3.8) is 0 Å². The molecule has 4 heteroatoms. The van der Waals surface area contributed by atoms with Gasteiger partial charge in [-0.2, -0.15) is 0 Å². The van der Waals surface area contributed by atoms with E-state index in [1.807, 2.05) is 0 Å². The van der Waals surface area contributed by atoms with Gasteiger partial charge in [0.25, 0.3) is 0 Å². The van der Waals surface area contributed by atoms with E-state index in [9.17, 15) is 4.79 Å². The van der Waals surface area contributed by atoms with Crippen LogP contribution in [0, 0.1) is 5.92 Å². The van der Waals surface area contributed by atoms with Crippen LogP contribution in [0.2, 0.25) is 0 Å². The SMILES string of the molecule is CN=C1C=NC=CC1C(=O)O. The number of hydrogen-bond acceptors (Lipinski definition) is 3. The van der Waals surface area contributed by atoms with Gasteiger partial charge in [-0.3, -0.25) is 14.8 Å². The van der Waals surface area contributed by atoms with Crippen molar-refractivity contribution in [2.24, 2.45) is 15.9 Å². The summed E-state index contributed by atoms with van der Waals surface area (Å²) in [5.41, 5.74) is 0.486. The maximum Gasteiger partial charge on any atom is 0.316 e. The quantitative estimate of drug-likeness (QED) is 0.589. The molecule has 1 rings (SSSR count). The van der Waals surface area contributed by atoms with Crippen LogP contribution in [0.1, 0.15) is 0 Å². The van der Waals surface area contributed by atoms with Crippen molar-refractivity contribution in [2.75, 3.05) is 7.05 Å². The Morgan fingerprint density at radius 1 is 1.82 bits per heavy atom. The Morgan fingerprint density at radius 3 is 3.00 bits per heavy atom. The highest BCUT2D eigenvalue weighted by Crippen LogP contribution is 2.05. The first-order valence-corrected chi connectivity index (χ1v) is 3.15. The molecule has 0 aromatic rings. The first-order chi connectivity index (χ1) is 5.25. The molecule has 0 bridgehead atoms. The molecule has 1 atom stereocenters. The van der Waals surface area contributed by atoms with Gasteiger partial charge in [-0.05, 0) is 6.08 Å². The average Bonchev–Trinajstić information content (AvgIpc) is 2.04. The van der Waals surface area contributed by atoms with E-state index < -0.39 is 11.9 Å². The molecule has 1 aliphatic rings. The van der Waals surface area contributed by atoms with Gasteiger partial charge >= 0.3 is 5.97 Å². The highest BCUT2D eigenvalue weighted by atomic mass is 16.4. The standard InChI is InChI=1S/C7H8N2O2/c1-8-6-4-9-3-2-5(6)7(10)11/h2-5H,1H3,(H,10,11). The van der Waals surface area contributed by atoms with Crippen molar-refractivity contribution < 1.29 is 9.90 Å². The van der Waals surface area contributed by atoms with E-state index in [0.29, 0.717) is 5.71 Å². The second kappa shape index (κ2) is 3.09. The van der Waals surface area contributed by atoms with E-state index in [1.165, 1.54) is 18.5 Å². The summed E-state index contributed by atoms with van der Waals surface area (Å²) in [5, 5.41) is 8.65. The van der Waals surface area contributed by atoms with Gasteiger partial charge in [-0.15, -0.1) is 0 Å². The zero-order chi connectivity index (χ0) is 8.27. The number of carboxylic acid groups (broad SMARTS) is 1. The fourth-order valence-corrected chi connectivity index (χ4v) is 0.840. The molecule has 1 heterocycles. The third-order valence-corrected chi connectivity index (χ3v) is 1.41. The topological polar surface area (TPSA) is 62.0 Å². The molecule has 58 valence electrons. The fourth-order valence-electron chi connectivity index (χ4n) is 0.840. The molecule has 1 aliphatic heterocycles. The molecule has 0 saturated heterocycles. The zero-order valence-corrected chi connectivity index (χ0v) is 6.06. The third kappa shape index (κ3) is 1.52. The number of aliphatic imine (C=N–C) groups is 2. The molecular formula is C7H8N2O2. The van der Waals surface area contributed by atoms with Crippen LogP contribution < -0.4 is 0 Å². The molecule has 11 heavy (non-hydrogen) atoms. The first kappa shape index (κ1) is 7.65. The first-order valence-electron chi connectivity index (χ1n) is 3.15. The van der Waals surface area contributed by atoms with Crippen molar-refractivity contribution >= 4 is 17.9 Å². The number of hydrogen-bond donors (Lipinski definition) is 1. The number of rotatable bonds is 1. The van der Waals surface area contributed by atoms with Crippen molar-refractivity contribution in [3.05, 3.63) is 12.3 Å². The van der Waals surface area contributed by atoms with Crippen molar-refractivity contribution in [1.29, 1.82) is 0 Å². The molecule has 0 aromatic carbocycles. The molecule has 0 saturated carbocycles. The van der Waals surface area contributed by atoms with Crippen LogP contribution in [0.5, 0.6) is 0 Å². The van der Waals surface area contributed by atoms with Crippen LogP contribution in [0.25, 0.3) is 0 Å². The van der Waals surface area contributed by atoms with Crippen LogP contribution in [0.4, 0.5) is 0 Å². The third-order valence-electron chi connectivity index (χ3n) is 1.41. The maximum atomic E-state index is 10.5. The zero-order valence-electron chi connectivity index (χ0n) is 6.06. The van der Waals surface area contributed by atoms with Crippen molar-refractivity contribution in [2.45, 2.75) is 0 Å². The van der Waals surface area contributed by atoms with E-state index in [0.717, 1.165) is 0 Å². The van der Waals surface area contributed by atoms with Crippen LogP contribution in [-0.4, -0.2) is 30.0 Å². The summed E-state index contributed by atoms with van der Waals surface area (Å²) in [7, 11) is 1.55. The minimum atomic E-state index is -0.895. The highest BCUT2D eigenvalue weighted by Gasteiger charge is 2.20. The molecular weight excluding hydrogens is 144 g/mol. The van der Waals surface area contributed by atoms with Gasteiger partial charge in [-0.1, -0.05) is 0 Å². The number of carbonyl (C=O) groups is 1. The second-order valence-corrected chi connectivity index (χ2v) is 2.08. The van der Waals surface area contributed by atoms with Crippen LogP contribution in [0.15, 0.2) is 22.3 Å². The Labute approximate surface area is 64.0 Å². The number of aliphatic carboxylic acids is 1. The van der Waals surface area contributed by atoms with E-state index in [-0.39, 0.29) is 0 Å². The largest absolute Gasteiger partial charge is 0.481 e. The summed E-state index contributed by atoms with van der Waals surface area (Å²) in [5.74, 6) is -1.52. The summed E-state index contributed by atoms with van der Waals surface area (Å²) in [6.45, 7) is 0. The molecule has 4 nitrogen and oxygen atoms in total. The van der Waals surface area contributed by atoms with Gasteiger partial charge in [0, 0.05) is 19.5 Å². The summed E-state index contributed by atoms with van der Waals surface area (Å²) in [6, 6.07) is 0. The van der Waals surface area contributed by atoms with Crippen LogP contribution in [-0.2, 0) is 4.79 Å². The van der Waals surface area contributed by atoms with Gasteiger partial charge in [-0.25, -0.2) is 0 Å². The molecule has 0 radical (unpaired) electrons. The lowest BCUT2D eigenvalue weighted by Gasteiger charge is -2.08. The summed E-state index contributed by atoms with van der Waals surface area (Å²) < 4.78 is 0. The molecule has 1 N–H and O–H groups in total. The predicted molar refractivity (Wildman–Crippen MR) is 42.1 cm³/mol. The van der Waals surface area contributed by atoms with Gasteiger partial charge in [0.15, 0.2) is 0 Å². The Bertz CT molecular complexity index is 253. The fraction of sp³-hybridized carbons (Fsp3) is 0.286. The Hall–Kier alpha value is -1.45. The lowest BCUT2D eigenvalue weighted by Crippen LogP contribution is -2.24.